The fraction of sp³-hybridized carbons (Fsp3) is 0.667. The van der Waals surface area contributed by atoms with Crippen LogP contribution in [0.5, 0.6) is 0 Å². The Labute approximate surface area is 41.4 Å². The molecule has 0 bridgehead atoms. The van der Waals surface area contributed by atoms with Crippen LogP contribution in [0.4, 0.5) is 0 Å². The zero-order valence-electron chi connectivity index (χ0n) is 3.24. The average Bonchev–Trinajstić information content (AvgIpc) is 1.61. The Balaban J connectivity index is 2.86. The van der Waals surface area contributed by atoms with Gasteiger partial charge in [0.25, 0.3) is 0 Å². The van der Waals surface area contributed by atoms with Gasteiger partial charge in [-0.25, -0.2) is 10.4 Å². The Morgan fingerprint density at radius 1 is 1.83 bits per heavy atom. The fourth-order valence-corrected chi connectivity index (χ4v) is 0.183. The zero-order chi connectivity index (χ0) is 4.83. The van der Waals surface area contributed by atoms with Crippen LogP contribution >= 0.6 is 11.6 Å². The van der Waals surface area contributed by atoms with Crippen molar-refractivity contribution in [2.45, 2.75) is 0 Å². The third-order valence-electron chi connectivity index (χ3n) is 0.275. The Morgan fingerprint density at radius 2 is 2.50 bits per heavy atom. The van der Waals surface area contributed by atoms with E-state index in [0.717, 1.165) is 0 Å². The Kier molecular flexibility index (Phi) is 4.41. The van der Waals surface area contributed by atoms with Crippen molar-refractivity contribution >= 4 is 17.6 Å². The van der Waals surface area contributed by atoms with Crippen LogP contribution in [0.25, 0.3) is 0 Å². The molecular weight excluding hydrogens is 99.5 g/mol. The second kappa shape index (κ2) is 4.67. The first-order valence-corrected chi connectivity index (χ1v) is 2.09. The van der Waals surface area contributed by atoms with Gasteiger partial charge in [0.1, 0.15) is 0 Å². The van der Waals surface area contributed by atoms with Crippen molar-refractivity contribution in [1.29, 1.82) is 5.41 Å². The standard InChI is InChI=1S/C3H5ClN2/c4-1-2-6-3-5/h5H,1-2H2. The molecule has 0 saturated heterocycles. The van der Waals surface area contributed by atoms with Crippen molar-refractivity contribution in [2.75, 3.05) is 12.4 Å². The molecule has 0 aliphatic carbocycles. The van der Waals surface area contributed by atoms with Gasteiger partial charge in [0.05, 0.1) is 12.6 Å². The SMILES string of the molecule is N=C=NCCCl. The average molecular weight is 105 g/mol. The van der Waals surface area contributed by atoms with E-state index in [9.17, 15) is 0 Å². The zero-order valence-corrected chi connectivity index (χ0v) is 4.00. The molecule has 0 aliphatic heterocycles. The predicted molar refractivity (Wildman–Crippen MR) is 25.7 cm³/mol. The maximum Gasteiger partial charge on any atom is 0.0862 e. The van der Waals surface area contributed by atoms with E-state index in [-0.39, 0.29) is 0 Å². The van der Waals surface area contributed by atoms with Gasteiger partial charge < -0.3 is 0 Å². The van der Waals surface area contributed by atoms with Crippen molar-refractivity contribution in [3.8, 4) is 0 Å². The number of aliphatic imine (C=N–C) groups is 1. The maximum absolute atomic E-state index is 6.23. The molecule has 0 rings (SSSR count). The maximum atomic E-state index is 6.23. The highest BCUT2D eigenvalue weighted by Gasteiger charge is 1.67. The largest absolute Gasteiger partial charge is 0.242 e. The summed E-state index contributed by atoms with van der Waals surface area (Å²) in [5, 5.41) is 6.23. The molecule has 6 heavy (non-hydrogen) atoms. The van der Waals surface area contributed by atoms with E-state index in [1.165, 1.54) is 0 Å². The lowest BCUT2D eigenvalue weighted by Crippen LogP contribution is -1.75. The van der Waals surface area contributed by atoms with Gasteiger partial charge in [0.15, 0.2) is 0 Å². The van der Waals surface area contributed by atoms with Gasteiger partial charge in [-0.3, -0.25) is 0 Å². The van der Waals surface area contributed by atoms with Crippen molar-refractivity contribution in [1.82, 2.24) is 0 Å². The number of halogens is 1. The first-order valence-electron chi connectivity index (χ1n) is 1.56. The van der Waals surface area contributed by atoms with E-state index in [1.807, 2.05) is 6.01 Å². The first-order chi connectivity index (χ1) is 2.91. The minimum Gasteiger partial charge on any atom is -0.242 e. The normalized spacial score (nSPS) is 6.83. The second-order valence-corrected chi connectivity index (χ2v) is 1.06. The van der Waals surface area contributed by atoms with Gasteiger partial charge in [-0.2, -0.15) is 0 Å². The van der Waals surface area contributed by atoms with Gasteiger partial charge in [-0.05, 0) is 0 Å². The smallest absolute Gasteiger partial charge is 0.0862 e. The molecule has 0 spiro atoms. The van der Waals surface area contributed by atoms with Crippen LogP contribution in [0.1, 0.15) is 0 Å². The van der Waals surface area contributed by atoms with Crippen LogP contribution in [-0.4, -0.2) is 18.4 Å². The third-order valence-corrected chi connectivity index (χ3v) is 0.444. The number of hydrogen-bond donors (Lipinski definition) is 1. The number of rotatable bonds is 2. The summed E-state index contributed by atoms with van der Waals surface area (Å²) >= 11 is 5.16. The molecule has 1 N–H and O–H groups in total. The van der Waals surface area contributed by atoms with Crippen LogP contribution in [0.2, 0.25) is 0 Å². The molecule has 34 valence electrons. The molecule has 3 heteroatoms. The van der Waals surface area contributed by atoms with Crippen molar-refractivity contribution < 1.29 is 0 Å². The van der Waals surface area contributed by atoms with E-state index in [2.05, 4.69) is 4.99 Å². The number of nitrogens with zero attached hydrogens (tertiary/aromatic N) is 1. The highest BCUT2D eigenvalue weighted by Crippen LogP contribution is 1.71. The molecule has 0 aliphatic rings. The predicted octanol–water partition coefficient (Wildman–Crippen LogP) is 0.978. The number of alkyl halides is 1. The minimum atomic E-state index is 0.478. The van der Waals surface area contributed by atoms with Gasteiger partial charge in [0.2, 0.25) is 0 Å². The highest BCUT2D eigenvalue weighted by atomic mass is 35.5. The van der Waals surface area contributed by atoms with Crippen molar-refractivity contribution in [2.24, 2.45) is 4.99 Å². The molecule has 0 fully saturated rings. The van der Waals surface area contributed by atoms with Crippen LogP contribution < -0.4 is 0 Å². The Hall–Kier alpha value is -0.330. The molecule has 0 amide bonds. The number of nitrogens with one attached hydrogen (secondary N) is 1. The summed E-state index contributed by atoms with van der Waals surface area (Å²) in [6, 6.07) is 1.86. The lowest BCUT2D eigenvalue weighted by Gasteiger charge is -1.71. The van der Waals surface area contributed by atoms with E-state index in [1.54, 1.807) is 0 Å². The first kappa shape index (κ1) is 5.67. The van der Waals surface area contributed by atoms with E-state index in [0.29, 0.717) is 12.4 Å². The summed E-state index contributed by atoms with van der Waals surface area (Å²) in [6.45, 7) is 0.505. The minimum absolute atomic E-state index is 0.478. The molecule has 0 aromatic carbocycles. The van der Waals surface area contributed by atoms with Crippen molar-refractivity contribution in [3.63, 3.8) is 0 Å². The van der Waals surface area contributed by atoms with Crippen LogP contribution in [0.15, 0.2) is 4.99 Å². The summed E-state index contributed by atoms with van der Waals surface area (Å²) in [4.78, 5) is 3.38. The Bertz CT molecular complexity index is 65.2. The van der Waals surface area contributed by atoms with Crippen LogP contribution in [0.3, 0.4) is 0 Å². The van der Waals surface area contributed by atoms with Crippen molar-refractivity contribution in [3.05, 3.63) is 0 Å². The summed E-state index contributed by atoms with van der Waals surface area (Å²) < 4.78 is 0. The molecule has 0 radical (unpaired) electrons. The molecule has 0 aromatic heterocycles. The summed E-state index contributed by atoms with van der Waals surface area (Å²) in [6.07, 6.45) is 0. The molecule has 0 saturated carbocycles. The van der Waals surface area contributed by atoms with Gasteiger partial charge in [0, 0.05) is 5.88 Å². The van der Waals surface area contributed by atoms with E-state index in [4.69, 9.17) is 17.0 Å². The molecular formula is C3H5ClN2. The molecule has 2 nitrogen and oxygen atoms in total. The van der Waals surface area contributed by atoms with Gasteiger partial charge in [-0.15, -0.1) is 11.6 Å². The quantitative estimate of drug-likeness (QED) is 0.401. The molecule has 0 atom stereocenters. The summed E-state index contributed by atoms with van der Waals surface area (Å²) in [7, 11) is 0. The lowest BCUT2D eigenvalue weighted by molar-refractivity contribution is 1.14. The van der Waals surface area contributed by atoms with Crippen LogP contribution in [-0.2, 0) is 0 Å². The summed E-state index contributed by atoms with van der Waals surface area (Å²) in [5.74, 6) is 0.478. The van der Waals surface area contributed by atoms with Crippen LogP contribution in [0, 0.1) is 5.41 Å². The fourth-order valence-electron chi connectivity index (χ4n) is 0.0982. The monoisotopic (exact) mass is 104 g/mol. The van der Waals surface area contributed by atoms with Gasteiger partial charge >= 0.3 is 0 Å². The summed E-state index contributed by atoms with van der Waals surface area (Å²) in [5.41, 5.74) is 0. The number of hydrogen-bond acceptors (Lipinski definition) is 2. The van der Waals surface area contributed by atoms with Gasteiger partial charge in [-0.1, -0.05) is 0 Å². The third kappa shape index (κ3) is 3.67. The Morgan fingerprint density at radius 3 is 2.67 bits per heavy atom. The molecule has 0 heterocycles. The second-order valence-electron chi connectivity index (χ2n) is 0.683. The molecule has 0 aromatic rings. The molecule has 0 unspecified atom stereocenters. The van der Waals surface area contributed by atoms with E-state index >= 15 is 0 Å². The topological polar surface area (TPSA) is 36.2 Å². The van der Waals surface area contributed by atoms with E-state index < -0.39 is 0 Å². The highest BCUT2D eigenvalue weighted by molar-refractivity contribution is 6.18. The lowest BCUT2D eigenvalue weighted by atomic mass is 10.8.